The first-order valence-electron chi connectivity index (χ1n) is 6.83. The van der Waals surface area contributed by atoms with Crippen LogP contribution in [0.4, 0.5) is 0 Å². The Labute approximate surface area is 114 Å². The quantitative estimate of drug-likeness (QED) is 0.594. The smallest absolute Gasteiger partial charge is 0.0913 e. The molecule has 1 heterocycles. The van der Waals surface area contributed by atoms with Crippen molar-refractivity contribution in [1.29, 1.82) is 0 Å². The molecule has 3 rings (SSSR count). The maximum atomic E-state index is 4.78. The third-order valence-electron chi connectivity index (χ3n) is 3.46. The molecular formula is C17H18N2. The summed E-state index contributed by atoms with van der Waals surface area (Å²) in [7, 11) is 0. The highest BCUT2D eigenvalue weighted by Crippen LogP contribution is 2.35. The van der Waals surface area contributed by atoms with Gasteiger partial charge < -0.3 is 0 Å². The molecule has 0 spiro atoms. The van der Waals surface area contributed by atoms with E-state index in [4.69, 9.17) is 5.10 Å². The first-order valence-corrected chi connectivity index (χ1v) is 6.83. The maximum Gasteiger partial charge on any atom is 0.0913 e. The molecule has 2 heteroatoms. The summed E-state index contributed by atoms with van der Waals surface area (Å²) in [6.07, 6.45) is 0.960. The van der Waals surface area contributed by atoms with Crippen LogP contribution in [0.25, 0.3) is 0 Å². The minimum atomic E-state index is 0.464. The Hall–Kier alpha value is -2.09. The van der Waals surface area contributed by atoms with Crippen molar-refractivity contribution < 1.29 is 0 Å². The van der Waals surface area contributed by atoms with E-state index in [2.05, 4.69) is 66.5 Å². The Balaban J connectivity index is 1.76. The van der Waals surface area contributed by atoms with E-state index in [1.165, 1.54) is 16.8 Å². The van der Waals surface area contributed by atoms with Gasteiger partial charge in [-0.3, -0.25) is 5.01 Å². The molecule has 2 nitrogen and oxygen atoms in total. The Bertz CT molecular complexity index is 560. The van der Waals surface area contributed by atoms with Gasteiger partial charge in [0.15, 0.2) is 0 Å². The first-order chi connectivity index (χ1) is 9.38. The van der Waals surface area contributed by atoms with Crippen LogP contribution in [0.1, 0.15) is 30.5 Å². The minimum absolute atomic E-state index is 0.464. The lowest BCUT2D eigenvalue weighted by Crippen LogP contribution is -2.02. The summed E-state index contributed by atoms with van der Waals surface area (Å²) in [6, 6.07) is 21.5. The lowest BCUT2D eigenvalue weighted by molar-refractivity contribution is 0.551. The van der Waals surface area contributed by atoms with Crippen LogP contribution in [-0.2, 0) is 0 Å². The molecule has 0 bridgehead atoms. The average Bonchev–Trinajstić information content (AvgIpc) is 3.26. The molecule has 1 aliphatic heterocycles. The summed E-state index contributed by atoms with van der Waals surface area (Å²) >= 11 is 0. The second-order valence-electron chi connectivity index (χ2n) is 4.81. The molecule has 19 heavy (non-hydrogen) atoms. The summed E-state index contributed by atoms with van der Waals surface area (Å²) in [5.41, 5.74) is 3.75. The van der Waals surface area contributed by atoms with E-state index in [1.807, 2.05) is 6.07 Å². The highest BCUT2D eigenvalue weighted by molar-refractivity contribution is 6.00. The van der Waals surface area contributed by atoms with E-state index >= 15 is 0 Å². The molecule has 0 amide bonds. The van der Waals surface area contributed by atoms with Crippen LogP contribution in [0.5, 0.6) is 0 Å². The molecule has 0 saturated carbocycles. The number of hydrazone groups is 1. The molecule has 1 unspecified atom stereocenters. The van der Waals surface area contributed by atoms with Crippen molar-refractivity contribution in [1.82, 2.24) is 5.01 Å². The van der Waals surface area contributed by atoms with E-state index in [0.29, 0.717) is 6.04 Å². The molecule has 1 aliphatic rings. The normalized spacial score (nSPS) is 18.5. The monoisotopic (exact) mass is 250 g/mol. The zero-order valence-corrected chi connectivity index (χ0v) is 11.2. The van der Waals surface area contributed by atoms with Gasteiger partial charge in [0.1, 0.15) is 0 Å². The van der Waals surface area contributed by atoms with E-state index in [-0.39, 0.29) is 0 Å². The predicted molar refractivity (Wildman–Crippen MR) is 79.2 cm³/mol. The SMILES string of the molecule is CCC(=NN1CC1c1ccccc1)c1ccccc1. The van der Waals surface area contributed by atoms with Crippen molar-refractivity contribution in [3.05, 3.63) is 71.8 Å². The number of hydrogen-bond acceptors (Lipinski definition) is 2. The van der Waals surface area contributed by atoms with Gasteiger partial charge in [0, 0.05) is 0 Å². The van der Waals surface area contributed by atoms with E-state index in [0.717, 1.165) is 13.0 Å². The minimum Gasteiger partial charge on any atom is -0.285 e. The fourth-order valence-corrected chi connectivity index (χ4v) is 2.31. The lowest BCUT2D eigenvalue weighted by Gasteiger charge is -2.05. The summed E-state index contributed by atoms with van der Waals surface area (Å²) in [5, 5.41) is 6.95. The van der Waals surface area contributed by atoms with Gasteiger partial charge in [-0.1, -0.05) is 67.6 Å². The average molecular weight is 250 g/mol. The molecular weight excluding hydrogens is 232 g/mol. The summed E-state index contributed by atoms with van der Waals surface area (Å²) in [6.45, 7) is 3.19. The molecule has 0 radical (unpaired) electrons. The summed E-state index contributed by atoms with van der Waals surface area (Å²) in [4.78, 5) is 0. The van der Waals surface area contributed by atoms with Crippen LogP contribution in [0.3, 0.4) is 0 Å². The standard InChI is InChI=1S/C17H18N2/c1-2-16(14-9-5-3-6-10-14)18-19-13-17(19)15-11-7-4-8-12-15/h3-12,17H,2,13H2,1H3. The van der Waals surface area contributed by atoms with Crippen molar-refractivity contribution in [2.24, 2.45) is 5.10 Å². The second kappa shape index (κ2) is 5.27. The van der Waals surface area contributed by atoms with Crippen LogP contribution in [-0.4, -0.2) is 17.3 Å². The van der Waals surface area contributed by atoms with Crippen LogP contribution in [0.2, 0.25) is 0 Å². The zero-order valence-electron chi connectivity index (χ0n) is 11.2. The number of hydrogen-bond donors (Lipinski definition) is 0. The molecule has 0 aromatic heterocycles. The van der Waals surface area contributed by atoms with Crippen LogP contribution in [0, 0.1) is 0 Å². The third kappa shape index (κ3) is 2.68. The Morgan fingerprint density at radius 2 is 1.68 bits per heavy atom. The van der Waals surface area contributed by atoms with Gasteiger partial charge >= 0.3 is 0 Å². The maximum absolute atomic E-state index is 4.78. The van der Waals surface area contributed by atoms with Crippen LogP contribution >= 0.6 is 0 Å². The second-order valence-corrected chi connectivity index (χ2v) is 4.81. The molecule has 1 atom stereocenters. The highest BCUT2D eigenvalue weighted by Gasteiger charge is 2.34. The molecule has 1 saturated heterocycles. The third-order valence-corrected chi connectivity index (χ3v) is 3.46. The van der Waals surface area contributed by atoms with E-state index in [9.17, 15) is 0 Å². The van der Waals surface area contributed by atoms with Crippen molar-refractivity contribution in [3.8, 4) is 0 Å². The highest BCUT2D eigenvalue weighted by atomic mass is 15.6. The predicted octanol–water partition coefficient (Wildman–Crippen LogP) is 3.86. The molecule has 96 valence electrons. The van der Waals surface area contributed by atoms with Crippen LogP contribution < -0.4 is 0 Å². The molecule has 2 aromatic rings. The topological polar surface area (TPSA) is 15.4 Å². The number of rotatable bonds is 4. The molecule has 0 N–H and O–H groups in total. The largest absolute Gasteiger partial charge is 0.285 e. The van der Waals surface area contributed by atoms with Crippen molar-refractivity contribution >= 4 is 5.71 Å². The molecule has 1 fully saturated rings. The van der Waals surface area contributed by atoms with Gasteiger partial charge in [-0.25, -0.2) is 0 Å². The Morgan fingerprint density at radius 1 is 1.05 bits per heavy atom. The fourth-order valence-electron chi connectivity index (χ4n) is 2.31. The van der Waals surface area contributed by atoms with Crippen molar-refractivity contribution in [2.45, 2.75) is 19.4 Å². The summed E-state index contributed by atoms with van der Waals surface area (Å²) in [5.74, 6) is 0. The van der Waals surface area contributed by atoms with Gasteiger partial charge in [0.05, 0.1) is 18.3 Å². The van der Waals surface area contributed by atoms with Gasteiger partial charge in [-0.2, -0.15) is 5.10 Å². The lowest BCUT2D eigenvalue weighted by atomic mass is 10.1. The zero-order chi connectivity index (χ0) is 13.1. The van der Waals surface area contributed by atoms with Gasteiger partial charge in [-0.05, 0) is 17.5 Å². The first kappa shape index (κ1) is 12.0. The number of benzene rings is 2. The summed E-state index contributed by atoms with van der Waals surface area (Å²) < 4.78 is 0. The fraction of sp³-hybridized carbons (Fsp3) is 0.235. The van der Waals surface area contributed by atoms with Crippen molar-refractivity contribution in [3.63, 3.8) is 0 Å². The number of nitrogens with zero attached hydrogens (tertiary/aromatic N) is 2. The van der Waals surface area contributed by atoms with E-state index < -0.39 is 0 Å². The van der Waals surface area contributed by atoms with Gasteiger partial charge in [0.25, 0.3) is 0 Å². The van der Waals surface area contributed by atoms with Gasteiger partial charge in [-0.15, -0.1) is 0 Å². The Kier molecular flexibility index (Phi) is 3.32. The molecule has 2 aromatic carbocycles. The van der Waals surface area contributed by atoms with Crippen molar-refractivity contribution in [2.75, 3.05) is 6.54 Å². The van der Waals surface area contributed by atoms with Crippen LogP contribution in [0.15, 0.2) is 65.8 Å². The van der Waals surface area contributed by atoms with Gasteiger partial charge in [0.2, 0.25) is 0 Å². The Morgan fingerprint density at radius 3 is 2.32 bits per heavy atom. The van der Waals surface area contributed by atoms with E-state index in [1.54, 1.807) is 0 Å². The molecule has 0 aliphatic carbocycles.